The summed E-state index contributed by atoms with van der Waals surface area (Å²) in [5.74, 6) is -0.100. The number of rotatable bonds is 6. The lowest BCUT2D eigenvalue weighted by Crippen LogP contribution is -2.16. The lowest BCUT2D eigenvalue weighted by molar-refractivity contribution is 0.0462. The minimum Gasteiger partial charge on any atom is -0.488 e. The average Bonchev–Trinajstić information content (AvgIpc) is 2.77. The molecule has 0 bridgehead atoms. The van der Waals surface area contributed by atoms with Gasteiger partial charge in [0.15, 0.2) is 0 Å². The Balaban J connectivity index is 1.47. The summed E-state index contributed by atoms with van der Waals surface area (Å²) in [6.45, 7) is 0.237. The van der Waals surface area contributed by atoms with Crippen molar-refractivity contribution in [3.8, 4) is 5.75 Å². The Labute approximate surface area is 167 Å². The third kappa shape index (κ3) is 4.32. The molecule has 0 spiro atoms. The molecule has 4 rings (SSSR count). The molecule has 6 nitrogen and oxygen atoms in total. The maximum atomic E-state index is 12.6. The smallest absolute Gasteiger partial charge is 0.342 e. The second kappa shape index (κ2) is 8.39. The predicted octanol–water partition coefficient (Wildman–Crippen LogP) is 3.63. The van der Waals surface area contributed by atoms with Gasteiger partial charge in [-0.25, -0.2) is 9.78 Å². The fraction of sp³-hybridized carbons (Fsp3) is 0.0870. The summed E-state index contributed by atoms with van der Waals surface area (Å²) >= 11 is 0. The van der Waals surface area contributed by atoms with Crippen LogP contribution in [0.25, 0.3) is 5.65 Å². The van der Waals surface area contributed by atoms with Crippen LogP contribution in [0.5, 0.6) is 5.75 Å². The van der Waals surface area contributed by atoms with E-state index in [2.05, 4.69) is 4.98 Å². The quantitative estimate of drug-likeness (QED) is 0.473. The maximum absolute atomic E-state index is 12.6. The van der Waals surface area contributed by atoms with Crippen molar-refractivity contribution < 1.29 is 14.3 Å². The van der Waals surface area contributed by atoms with Crippen molar-refractivity contribution in [1.82, 2.24) is 9.38 Å². The predicted molar refractivity (Wildman–Crippen MR) is 108 cm³/mol. The van der Waals surface area contributed by atoms with E-state index in [9.17, 15) is 9.59 Å². The molecule has 2 aromatic carbocycles. The number of carbonyl (C=O) groups excluding carboxylic acids is 1. The first-order valence-corrected chi connectivity index (χ1v) is 9.11. The number of hydrogen-bond donors (Lipinski definition) is 0. The Kier molecular flexibility index (Phi) is 5.33. The van der Waals surface area contributed by atoms with Crippen molar-refractivity contribution >= 4 is 11.6 Å². The lowest BCUT2D eigenvalue weighted by atomic mass is 10.2. The standard InChI is InChI=1S/C23H18N2O4/c26-22-14-18(24-21-12-6-7-13-25(21)22)16-29-23(27)19-10-4-5-11-20(19)28-15-17-8-2-1-3-9-17/h1-14H,15-16H2. The molecule has 2 aromatic heterocycles. The summed E-state index contributed by atoms with van der Waals surface area (Å²) < 4.78 is 12.6. The third-order valence-corrected chi connectivity index (χ3v) is 4.32. The minimum absolute atomic E-state index is 0.105. The Morgan fingerprint density at radius 2 is 1.66 bits per heavy atom. The van der Waals surface area contributed by atoms with E-state index < -0.39 is 5.97 Å². The fourth-order valence-corrected chi connectivity index (χ4v) is 2.89. The summed E-state index contributed by atoms with van der Waals surface area (Å²) in [7, 11) is 0. The summed E-state index contributed by atoms with van der Waals surface area (Å²) in [6.07, 6.45) is 1.64. The molecule has 29 heavy (non-hydrogen) atoms. The fourth-order valence-electron chi connectivity index (χ4n) is 2.89. The van der Waals surface area contributed by atoms with Gasteiger partial charge in [-0.15, -0.1) is 0 Å². The van der Waals surface area contributed by atoms with E-state index in [0.29, 0.717) is 29.3 Å². The first-order chi connectivity index (χ1) is 14.2. The van der Waals surface area contributed by atoms with Crippen LogP contribution in [0.2, 0.25) is 0 Å². The van der Waals surface area contributed by atoms with Gasteiger partial charge in [0, 0.05) is 12.3 Å². The monoisotopic (exact) mass is 386 g/mol. The molecular formula is C23H18N2O4. The maximum Gasteiger partial charge on any atom is 0.342 e. The molecule has 0 saturated carbocycles. The molecule has 0 aliphatic heterocycles. The van der Waals surface area contributed by atoms with E-state index >= 15 is 0 Å². The van der Waals surface area contributed by atoms with Gasteiger partial charge < -0.3 is 9.47 Å². The molecule has 4 aromatic rings. The minimum atomic E-state index is -0.538. The molecule has 2 heterocycles. The molecule has 6 heteroatoms. The van der Waals surface area contributed by atoms with Crippen LogP contribution >= 0.6 is 0 Å². The molecule has 0 atom stereocenters. The van der Waals surface area contributed by atoms with Gasteiger partial charge in [-0.1, -0.05) is 48.5 Å². The van der Waals surface area contributed by atoms with Gasteiger partial charge >= 0.3 is 5.97 Å². The van der Waals surface area contributed by atoms with Crippen molar-refractivity contribution in [2.75, 3.05) is 0 Å². The van der Waals surface area contributed by atoms with E-state index in [1.165, 1.54) is 10.5 Å². The van der Waals surface area contributed by atoms with E-state index in [1.54, 1.807) is 48.7 Å². The van der Waals surface area contributed by atoms with Crippen molar-refractivity contribution in [2.24, 2.45) is 0 Å². The first kappa shape index (κ1) is 18.4. The molecule has 144 valence electrons. The lowest BCUT2D eigenvalue weighted by Gasteiger charge is -2.11. The SMILES string of the molecule is O=C(OCc1cc(=O)n2ccccc2n1)c1ccccc1OCc1ccccc1. The summed E-state index contributed by atoms with van der Waals surface area (Å²) in [5.41, 5.74) is 1.97. The van der Waals surface area contributed by atoms with E-state index in [-0.39, 0.29) is 12.2 Å². The second-order valence-corrected chi connectivity index (χ2v) is 6.36. The molecule has 0 aliphatic carbocycles. The van der Waals surface area contributed by atoms with E-state index in [0.717, 1.165) is 5.56 Å². The number of benzene rings is 2. The highest BCUT2D eigenvalue weighted by molar-refractivity contribution is 5.92. The number of carbonyl (C=O) groups is 1. The van der Waals surface area contributed by atoms with Crippen LogP contribution < -0.4 is 10.3 Å². The zero-order valence-corrected chi connectivity index (χ0v) is 15.5. The van der Waals surface area contributed by atoms with Crippen molar-refractivity contribution in [3.05, 3.63) is 112 Å². The Hall–Kier alpha value is -3.93. The number of nitrogens with zero attached hydrogens (tertiary/aromatic N) is 2. The largest absolute Gasteiger partial charge is 0.488 e. The normalized spacial score (nSPS) is 10.6. The van der Waals surface area contributed by atoms with Gasteiger partial charge in [-0.05, 0) is 29.8 Å². The molecule has 0 aliphatic rings. The van der Waals surface area contributed by atoms with Crippen LogP contribution in [-0.4, -0.2) is 15.4 Å². The van der Waals surface area contributed by atoms with E-state index in [4.69, 9.17) is 9.47 Å². The van der Waals surface area contributed by atoms with Gasteiger partial charge in [0.05, 0.1) is 5.69 Å². The summed E-state index contributed by atoms with van der Waals surface area (Å²) in [5, 5.41) is 0. The number of hydrogen-bond acceptors (Lipinski definition) is 5. The Bertz CT molecular complexity index is 1200. The molecule has 0 amide bonds. The molecule has 0 radical (unpaired) electrons. The highest BCUT2D eigenvalue weighted by Gasteiger charge is 2.14. The summed E-state index contributed by atoms with van der Waals surface area (Å²) in [4.78, 5) is 29.1. The molecule has 0 saturated heterocycles. The number of aromatic nitrogens is 2. The highest BCUT2D eigenvalue weighted by Crippen LogP contribution is 2.21. The number of esters is 1. The van der Waals surface area contributed by atoms with Crippen molar-refractivity contribution in [1.29, 1.82) is 0 Å². The first-order valence-electron chi connectivity index (χ1n) is 9.11. The van der Waals surface area contributed by atoms with Crippen LogP contribution in [0, 0.1) is 0 Å². The van der Waals surface area contributed by atoms with Crippen molar-refractivity contribution in [2.45, 2.75) is 13.2 Å². The molecule has 0 N–H and O–H groups in total. The third-order valence-electron chi connectivity index (χ3n) is 4.32. The zero-order chi connectivity index (χ0) is 20.1. The van der Waals surface area contributed by atoms with E-state index in [1.807, 2.05) is 30.3 Å². The average molecular weight is 386 g/mol. The molecular weight excluding hydrogens is 368 g/mol. The van der Waals surface area contributed by atoms with Gasteiger partial charge in [0.2, 0.25) is 0 Å². The number of para-hydroxylation sites is 1. The molecule has 0 fully saturated rings. The molecule has 0 unspecified atom stereocenters. The van der Waals surface area contributed by atoms with Crippen LogP contribution in [0.4, 0.5) is 0 Å². The number of ether oxygens (including phenoxy) is 2. The summed E-state index contributed by atoms with van der Waals surface area (Å²) in [6, 6.07) is 23.2. The van der Waals surface area contributed by atoms with Gasteiger partial charge in [0.25, 0.3) is 5.56 Å². The van der Waals surface area contributed by atoms with Gasteiger partial charge in [-0.3, -0.25) is 9.20 Å². The second-order valence-electron chi connectivity index (χ2n) is 6.36. The zero-order valence-electron chi connectivity index (χ0n) is 15.5. The van der Waals surface area contributed by atoms with Crippen LogP contribution in [-0.2, 0) is 18.0 Å². The Morgan fingerprint density at radius 3 is 2.52 bits per heavy atom. The number of fused-ring (bicyclic) bond motifs is 1. The van der Waals surface area contributed by atoms with Gasteiger partial charge in [0.1, 0.15) is 30.2 Å². The highest BCUT2D eigenvalue weighted by atomic mass is 16.5. The Morgan fingerprint density at radius 1 is 0.897 bits per heavy atom. The topological polar surface area (TPSA) is 69.9 Å². The van der Waals surface area contributed by atoms with Crippen LogP contribution in [0.15, 0.2) is 89.9 Å². The van der Waals surface area contributed by atoms with Crippen molar-refractivity contribution in [3.63, 3.8) is 0 Å². The van der Waals surface area contributed by atoms with Crippen LogP contribution in [0.1, 0.15) is 21.6 Å². The van der Waals surface area contributed by atoms with Gasteiger partial charge in [-0.2, -0.15) is 0 Å². The van der Waals surface area contributed by atoms with Crippen LogP contribution in [0.3, 0.4) is 0 Å². The number of pyridine rings is 1.